The van der Waals surface area contributed by atoms with Crippen LogP contribution in [0.3, 0.4) is 0 Å². The molecule has 1 heterocycles. The fraction of sp³-hybridized carbons (Fsp3) is 0.222. The highest BCUT2D eigenvalue weighted by atomic mass is 32.1. The van der Waals surface area contributed by atoms with Crippen molar-refractivity contribution >= 4 is 29.2 Å². The van der Waals surface area contributed by atoms with E-state index >= 15 is 0 Å². The van der Waals surface area contributed by atoms with Crippen LogP contribution in [-0.2, 0) is 9.53 Å². The molecule has 4 heteroatoms. The van der Waals surface area contributed by atoms with Crippen LogP contribution >= 0.6 is 11.3 Å². The summed E-state index contributed by atoms with van der Waals surface area (Å²) in [5, 5.41) is 1.93. The van der Waals surface area contributed by atoms with Crippen LogP contribution in [0.1, 0.15) is 33.3 Å². The molecule has 0 unspecified atom stereocenters. The van der Waals surface area contributed by atoms with E-state index in [2.05, 4.69) is 0 Å². The Morgan fingerprint density at radius 1 is 1.23 bits per heavy atom. The number of benzene rings is 1. The number of esters is 1. The predicted octanol–water partition coefficient (Wildman–Crippen LogP) is 4.19. The van der Waals surface area contributed by atoms with Gasteiger partial charge in [0.15, 0.2) is 6.10 Å². The monoisotopic (exact) mass is 314 g/mol. The zero-order valence-corrected chi connectivity index (χ0v) is 13.6. The Hall–Kier alpha value is -2.20. The summed E-state index contributed by atoms with van der Waals surface area (Å²) in [5.41, 5.74) is 2.49. The lowest BCUT2D eigenvalue weighted by Gasteiger charge is -2.13. The molecule has 0 aliphatic rings. The van der Waals surface area contributed by atoms with Gasteiger partial charge in [-0.25, -0.2) is 4.79 Å². The van der Waals surface area contributed by atoms with Gasteiger partial charge in [-0.15, -0.1) is 11.3 Å². The summed E-state index contributed by atoms with van der Waals surface area (Å²) < 4.78 is 5.19. The molecule has 2 rings (SSSR count). The largest absolute Gasteiger partial charge is 0.451 e. The van der Waals surface area contributed by atoms with Gasteiger partial charge in [-0.3, -0.25) is 4.79 Å². The zero-order valence-electron chi connectivity index (χ0n) is 12.8. The number of carbonyl (C=O) groups is 2. The molecule has 0 saturated heterocycles. The van der Waals surface area contributed by atoms with Gasteiger partial charge >= 0.3 is 5.97 Å². The van der Waals surface area contributed by atoms with Gasteiger partial charge < -0.3 is 4.74 Å². The zero-order chi connectivity index (χ0) is 16.1. The third-order valence-electron chi connectivity index (χ3n) is 3.25. The maximum atomic E-state index is 12.4. The molecule has 114 valence electrons. The molecule has 22 heavy (non-hydrogen) atoms. The lowest BCUT2D eigenvalue weighted by atomic mass is 9.99. The molecule has 0 aliphatic heterocycles. The maximum absolute atomic E-state index is 12.4. The molecule has 0 amide bonds. The Bertz CT molecular complexity index is 699. The Kier molecular flexibility index (Phi) is 5.28. The van der Waals surface area contributed by atoms with Crippen molar-refractivity contribution in [3.05, 3.63) is 63.4 Å². The molecule has 0 N–H and O–H groups in total. The predicted molar refractivity (Wildman–Crippen MR) is 89.2 cm³/mol. The number of rotatable bonds is 5. The molecule has 0 bridgehead atoms. The first-order valence-corrected chi connectivity index (χ1v) is 7.89. The van der Waals surface area contributed by atoms with Gasteiger partial charge in [0.2, 0.25) is 5.78 Å². The second kappa shape index (κ2) is 7.18. The molecular weight excluding hydrogens is 296 g/mol. The average Bonchev–Trinajstić information content (AvgIpc) is 3.00. The van der Waals surface area contributed by atoms with Crippen LogP contribution in [0.5, 0.6) is 0 Å². The minimum atomic E-state index is -0.805. The Morgan fingerprint density at radius 3 is 2.68 bits per heavy atom. The molecule has 0 saturated carbocycles. The summed E-state index contributed by atoms with van der Waals surface area (Å²) in [7, 11) is 0. The van der Waals surface area contributed by atoms with Crippen molar-refractivity contribution in [3.63, 3.8) is 0 Å². The van der Waals surface area contributed by atoms with Gasteiger partial charge in [-0.05, 0) is 49.9 Å². The van der Waals surface area contributed by atoms with Gasteiger partial charge in [-0.2, -0.15) is 0 Å². The molecule has 3 nitrogen and oxygen atoms in total. The number of carbonyl (C=O) groups excluding carboxylic acids is 2. The summed E-state index contributed by atoms with van der Waals surface area (Å²) in [5.74, 6) is -0.696. The average molecular weight is 314 g/mol. The second-order valence-corrected chi connectivity index (χ2v) is 6.09. The van der Waals surface area contributed by atoms with Gasteiger partial charge in [0, 0.05) is 16.5 Å². The third kappa shape index (κ3) is 4.15. The van der Waals surface area contributed by atoms with Gasteiger partial charge in [0.1, 0.15) is 0 Å². The van der Waals surface area contributed by atoms with Crippen LogP contribution in [0.25, 0.3) is 6.08 Å². The number of thiophene rings is 1. The first kappa shape index (κ1) is 16.2. The topological polar surface area (TPSA) is 43.4 Å². The third-order valence-corrected chi connectivity index (χ3v) is 4.09. The lowest BCUT2D eigenvalue weighted by molar-refractivity contribution is -0.140. The van der Waals surface area contributed by atoms with Crippen LogP contribution in [0.2, 0.25) is 0 Å². The normalized spacial score (nSPS) is 12.3. The van der Waals surface area contributed by atoms with E-state index in [4.69, 9.17) is 4.74 Å². The molecule has 2 aromatic rings. The number of ether oxygens (including phenoxy) is 1. The number of Topliss-reactive ketones (excluding diaryl/α,β-unsaturated/α-hetero) is 1. The standard InChI is InChI=1S/C18H18O3S/c1-12-6-7-13(2)16(11-12)18(20)14(3)21-17(19)9-8-15-5-4-10-22-15/h4-11,14H,1-3H3/b9-8+/t14-/m0/s1. The van der Waals surface area contributed by atoms with E-state index in [9.17, 15) is 9.59 Å². The summed E-state index contributed by atoms with van der Waals surface area (Å²) in [6, 6.07) is 9.48. The molecule has 1 aromatic heterocycles. The van der Waals surface area contributed by atoms with E-state index in [0.717, 1.165) is 16.0 Å². The fourth-order valence-electron chi connectivity index (χ4n) is 2.02. The molecular formula is C18H18O3S. The van der Waals surface area contributed by atoms with Crippen molar-refractivity contribution in [2.75, 3.05) is 0 Å². The summed E-state index contributed by atoms with van der Waals surface area (Å²) >= 11 is 1.53. The highest BCUT2D eigenvalue weighted by molar-refractivity contribution is 7.10. The molecule has 0 radical (unpaired) electrons. The number of hydrogen-bond donors (Lipinski definition) is 0. The van der Waals surface area contributed by atoms with Crippen LogP contribution in [-0.4, -0.2) is 17.9 Å². The summed E-state index contributed by atoms with van der Waals surface area (Å²) in [6.45, 7) is 5.40. The number of hydrogen-bond acceptors (Lipinski definition) is 4. The van der Waals surface area contributed by atoms with Crippen molar-refractivity contribution in [2.24, 2.45) is 0 Å². The van der Waals surface area contributed by atoms with E-state index in [1.54, 1.807) is 13.0 Å². The van der Waals surface area contributed by atoms with Crippen molar-refractivity contribution in [2.45, 2.75) is 26.9 Å². The lowest BCUT2D eigenvalue weighted by Crippen LogP contribution is -2.24. The van der Waals surface area contributed by atoms with Crippen molar-refractivity contribution < 1.29 is 14.3 Å². The first-order valence-electron chi connectivity index (χ1n) is 7.01. The number of ketones is 1. The van der Waals surface area contributed by atoms with Crippen molar-refractivity contribution in [3.8, 4) is 0 Å². The van der Waals surface area contributed by atoms with Crippen LogP contribution in [0, 0.1) is 13.8 Å². The van der Waals surface area contributed by atoms with Gasteiger partial charge in [0.25, 0.3) is 0 Å². The fourth-order valence-corrected chi connectivity index (χ4v) is 2.64. The number of aryl methyl sites for hydroxylation is 2. The molecule has 0 aliphatic carbocycles. The Balaban J connectivity index is 2.02. The Morgan fingerprint density at radius 2 is 2.00 bits per heavy atom. The van der Waals surface area contributed by atoms with Gasteiger partial charge in [-0.1, -0.05) is 23.8 Å². The summed E-state index contributed by atoms with van der Waals surface area (Å²) in [6.07, 6.45) is 2.22. The van der Waals surface area contributed by atoms with Crippen molar-refractivity contribution in [1.29, 1.82) is 0 Å². The smallest absolute Gasteiger partial charge is 0.331 e. The molecule has 0 fully saturated rings. The van der Waals surface area contributed by atoms with E-state index in [1.807, 2.05) is 49.6 Å². The first-order chi connectivity index (χ1) is 10.5. The minimum Gasteiger partial charge on any atom is -0.451 e. The molecule has 1 aromatic carbocycles. The van der Waals surface area contributed by atoms with E-state index in [-0.39, 0.29) is 5.78 Å². The van der Waals surface area contributed by atoms with Gasteiger partial charge in [0.05, 0.1) is 0 Å². The van der Waals surface area contributed by atoms with Crippen LogP contribution in [0.4, 0.5) is 0 Å². The van der Waals surface area contributed by atoms with E-state index < -0.39 is 12.1 Å². The van der Waals surface area contributed by atoms with E-state index in [0.29, 0.717) is 5.56 Å². The molecule has 1 atom stereocenters. The SMILES string of the molecule is Cc1ccc(C)c(C(=O)[C@H](C)OC(=O)/C=C/c2cccs2)c1. The Labute approximate surface area is 134 Å². The summed E-state index contributed by atoms with van der Waals surface area (Å²) in [4.78, 5) is 25.1. The minimum absolute atomic E-state index is 0.181. The molecule has 0 spiro atoms. The second-order valence-electron chi connectivity index (χ2n) is 5.11. The van der Waals surface area contributed by atoms with Crippen LogP contribution < -0.4 is 0 Å². The highest BCUT2D eigenvalue weighted by Crippen LogP contribution is 2.15. The van der Waals surface area contributed by atoms with E-state index in [1.165, 1.54) is 17.4 Å². The maximum Gasteiger partial charge on any atom is 0.331 e. The quantitative estimate of drug-likeness (QED) is 0.472. The van der Waals surface area contributed by atoms with Crippen LogP contribution in [0.15, 0.2) is 41.8 Å². The highest BCUT2D eigenvalue weighted by Gasteiger charge is 2.20. The van der Waals surface area contributed by atoms with Crippen molar-refractivity contribution in [1.82, 2.24) is 0 Å².